The molecule has 0 heterocycles. The molecular formula is C25H20ClN3O4. The number of hydrogen-bond donors (Lipinski definition) is 2. The van der Waals surface area contributed by atoms with E-state index in [4.69, 9.17) is 21.1 Å². The van der Waals surface area contributed by atoms with E-state index in [1.165, 1.54) is 6.08 Å². The molecule has 3 aromatic rings. The van der Waals surface area contributed by atoms with Gasteiger partial charge in [-0.05, 0) is 66.2 Å². The number of ether oxygens (including phenoxy) is 2. The Kier molecular flexibility index (Phi) is 8.06. The average molecular weight is 462 g/mol. The van der Waals surface area contributed by atoms with E-state index >= 15 is 0 Å². The fourth-order valence-corrected chi connectivity index (χ4v) is 2.95. The highest BCUT2D eigenvalue weighted by molar-refractivity contribution is 6.31. The van der Waals surface area contributed by atoms with Crippen LogP contribution in [0.4, 0.5) is 11.4 Å². The Morgan fingerprint density at radius 3 is 2.30 bits per heavy atom. The minimum atomic E-state index is -0.546. The number of nitriles is 1. The third-order valence-corrected chi connectivity index (χ3v) is 4.62. The number of nitrogens with zero attached hydrogens (tertiary/aromatic N) is 1. The van der Waals surface area contributed by atoms with Crippen molar-refractivity contribution in [1.82, 2.24) is 0 Å². The average Bonchev–Trinajstić information content (AvgIpc) is 2.82. The molecule has 0 spiro atoms. The summed E-state index contributed by atoms with van der Waals surface area (Å²) < 4.78 is 10.6. The van der Waals surface area contributed by atoms with E-state index in [1.807, 2.05) is 6.07 Å². The second-order valence-corrected chi connectivity index (χ2v) is 7.21. The van der Waals surface area contributed by atoms with Gasteiger partial charge in [0.05, 0.1) is 7.11 Å². The second kappa shape index (κ2) is 11.4. The zero-order valence-corrected chi connectivity index (χ0v) is 18.4. The summed E-state index contributed by atoms with van der Waals surface area (Å²) in [4.78, 5) is 24.4. The normalized spacial score (nSPS) is 10.6. The summed E-state index contributed by atoms with van der Waals surface area (Å²) in [5.41, 5.74) is 1.68. The molecule has 2 amide bonds. The van der Waals surface area contributed by atoms with Gasteiger partial charge in [-0.3, -0.25) is 9.59 Å². The van der Waals surface area contributed by atoms with Crippen LogP contribution in [-0.2, 0) is 9.59 Å². The van der Waals surface area contributed by atoms with Gasteiger partial charge in [0, 0.05) is 16.4 Å². The maximum atomic E-state index is 12.4. The molecule has 0 aliphatic heterocycles. The molecule has 7 nitrogen and oxygen atoms in total. The standard InChI is InChI=1S/C25H20ClN3O4/c1-32-22-11-7-20(8-12-22)28-24(30)16-33-23-9-5-17(6-10-23)13-18(15-27)25(31)29-21-4-2-3-19(26)14-21/h2-14H,16H2,1H3,(H,28,30)(H,29,31)/b18-13+. The largest absolute Gasteiger partial charge is 0.497 e. The molecule has 0 aromatic heterocycles. The van der Waals surface area contributed by atoms with E-state index in [0.717, 1.165) is 0 Å². The van der Waals surface area contributed by atoms with Gasteiger partial charge in [-0.2, -0.15) is 5.26 Å². The molecule has 0 saturated heterocycles. The van der Waals surface area contributed by atoms with Crippen molar-refractivity contribution < 1.29 is 19.1 Å². The number of hydrogen-bond acceptors (Lipinski definition) is 5. The van der Waals surface area contributed by atoms with E-state index in [2.05, 4.69) is 10.6 Å². The number of rotatable bonds is 8. The van der Waals surface area contributed by atoms with Gasteiger partial charge < -0.3 is 20.1 Å². The van der Waals surface area contributed by atoms with E-state index in [9.17, 15) is 14.9 Å². The summed E-state index contributed by atoms with van der Waals surface area (Å²) in [6.45, 7) is -0.174. The van der Waals surface area contributed by atoms with Gasteiger partial charge in [0.15, 0.2) is 6.61 Å². The van der Waals surface area contributed by atoms with Crippen LogP contribution in [0.15, 0.2) is 78.4 Å². The van der Waals surface area contributed by atoms with Gasteiger partial charge in [0.25, 0.3) is 11.8 Å². The molecule has 0 atom stereocenters. The van der Waals surface area contributed by atoms with Crippen molar-refractivity contribution in [2.24, 2.45) is 0 Å². The molecule has 0 fully saturated rings. The summed E-state index contributed by atoms with van der Waals surface area (Å²) in [5, 5.41) is 15.2. The zero-order valence-electron chi connectivity index (χ0n) is 17.7. The van der Waals surface area contributed by atoms with E-state index in [-0.39, 0.29) is 18.1 Å². The number of nitrogens with one attached hydrogen (secondary N) is 2. The van der Waals surface area contributed by atoms with Crippen molar-refractivity contribution in [2.75, 3.05) is 24.4 Å². The SMILES string of the molecule is COc1ccc(NC(=O)COc2ccc(/C=C(\C#N)C(=O)Nc3cccc(Cl)c3)cc2)cc1. The van der Waals surface area contributed by atoms with Crippen LogP contribution >= 0.6 is 11.6 Å². The molecule has 0 aliphatic carbocycles. The summed E-state index contributed by atoms with van der Waals surface area (Å²) in [7, 11) is 1.57. The van der Waals surface area contributed by atoms with Crippen molar-refractivity contribution in [3.05, 3.63) is 89.0 Å². The molecule has 0 radical (unpaired) electrons. The summed E-state index contributed by atoms with van der Waals surface area (Å²) in [6, 6.07) is 22.1. The molecule has 33 heavy (non-hydrogen) atoms. The van der Waals surface area contributed by atoms with E-state index in [1.54, 1.807) is 79.9 Å². The summed E-state index contributed by atoms with van der Waals surface area (Å²) in [5.74, 6) is 0.308. The first-order chi connectivity index (χ1) is 16.0. The summed E-state index contributed by atoms with van der Waals surface area (Å²) in [6.07, 6.45) is 1.46. The highest BCUT2D eigenvalue weighted by Gasteiger charge is 2.10. The number of carbonyl (C=O) groups is 2. The van der Waals surface area contributed by atoms with Gasteiger partial charge in [0.2, 0.25) is 0 Å². The lowest BCUT2D eigenvalue weighted by Gasteiger charge is -2.08. The molecule has 8 heteroatoms. The maximum Gasteiger partial charge on any atom is 0.266 e. The fraction of sp³-hybridized carbons (Fsp3) is 0.0800. The lowest BCUT2D eigenvalue weighted by Crippen LogP contribution is -2.20. The highest BCUT2D eigenvalue weighted by atomic mass is 35.5. The van der Waals surface area contributed by atoms with Crippen LogP contribution in [-0.4, -0.2) is 25.5 Å². The van der Waals surface area contributed by atoms with Crippen LogP contribution < -0.4 is 20.1 Å². The number of benzene rings is 3. The smallest absolute Gasteiger partial charge is 0.266 e. The van der Waals surface area contributed by atoms with Crippen molar-refractivity contribution in [3.8, 4) is 17.6 Å². The third-order valence-electron chi connectivity index (χ3n) is 4.38. The Labute approximate surface area is 196 Å². The van der Waals surface area contributed by atoms with Crippen LogP contribution in [0.3, 0.4) is 0 Å². The van der Waals surface area contributed by atoms with Crippen LogP contribution in [0.2, 0.25) is 5.02 Å². The van der Waals surface area contributed by atoms with Crippen molar-refractivity contribution in [2.45, 2.75) is 0 Å². The monoisotopic (exact) mass is 461 g/mol. The molecule has 3 rings (SSSR count). The Balaban J connectivity index is 1.55. The van der Waals surface area contributed by atoms with Crippen LogP contribution in [0.1, 0.15) is 5.56 Å². The van der Waals surface area contributed by atoms with Gasteiger partial charge >= 0.3 is 0 Å². The number of halogens is 1. The Bertz CT molecular complexity index is 1200. The fourth-order valence-electron chi connectivity index (χ4n) is 2.76. The Morgan fingerprint density at radius 1 is 0.970 bits per heavy atom. The lowest BCUT2D eigenvalue weighted by molar-refractivity contribution is -0.118. The van der Waals surface area contributed by atoms with Crippen LogP contribution in [0.5, 0.6) is 11.5 Å². The molecule has 166 valence electrons. The maximum absolute atomic E-state index is 12.4. The number of methoxy groups -OCH3 is 1. The molecule has 0 bridgehead atoms. The van der Waals surface area contributed by atoms with Crippen molar-refractivity contribution in [3.63, 3.8) is 0 Å². The van der Waals surface area contributed by atoms with Gasteiger partial charge in [-0.1, -0.05) is 29.8 Å². The lowest BCUT2D eigenvalue weighted by atomic mass is 10.1. The molecule has 0 unspecified atom stereocenters. The highest BCUT2D eigenvalue weighted by Crippen LogP contribution is 2.18. The minimum Gasteiger partial charge on any atom is -0.497 e. The number of anilines is 2. The Morgan fingerprint density at radius 2 is 1.67 bits per heavy atom. The first-order valence-electron chi connectivity index (χ1n) is 9.82. The quantitative estimate of drug-likeness (QED) is 0.366. The zero-order chi connectivity index (χ0) is 23.6. The number of amides is 2. The number of carbonyl (C=O) groups excluding carboxylic acids is 2. The van der Waals surface area contributed by atoms with Gasteiger partial charge in [0.1, 0.15) is 23.1 Å². The van der Waals surface area contributed by atoms with Gasteiger partial charge in [-0.15, -0.1) is 0 Å². The molecular weight excluding hydrogens is 442 g/mol. The molecule has 3 aromatic carbocycles. The van der Waals surface area contributed by atoms with E-state index in [0.29, 0.717) is 33.5 Å². The first-order valence-corrected chi connectivity index (χ1v) is 10.2. The van der Waals surface area contributed by atoms with Crippen molar-refractivity contribution >= 4 is 40.9 Å². The predicted molar refractivity (Wildman–Crippen MR) is 127 cm³/mol. The third kappa shape index (κ3) is 7.13. The summed E-state index contributed by atoms with van der Waals surface area (Å²) >= 11 is 5.91. The van der Waals surface area contributed by atoms with Crippen LogP contribution in [0, 0.1) is 11.3 Å². The van der Waals surface area contributed by atoms with E-state index < -0.39 is 5.91 Å². The Hall–Kier alpha value is -4.28. The second-order valence-electron chi connectivity index (χ2n) is 6.77. The molecule has 0 saturated carbocycles. The van der Waals surface area contributed by atoms with Gasteiger partial charge in [-0.25, -0.2) is 0 Å². The predicted octanol–water partition coefficient (Wildman–Crippen LogP) is 4.91. The first kappa shape index (κ1) is 23.4. The minimum absolute atomic E-state index is 0.0671. The molecule has 2 N–H and O–H groups in total. The topological polar surface area (TPSA) is 100 Å². The van der Waals surface area contributed by atoms with Crippen molar-refractivity contribution in [1.29, 1.82) is 5.26 Å². The van der Waals surface area contributed by atoms with Crippen LogP contribution in [0.25, 0.3) is 6.08 Å². The molecule has 0 aliphatic rings.